The van der Waals surface area contributed by atoms with Crippen LogP contribution in [0.15, 0.2) is 46.9 Å². The van der Waals surface area contributed by atoms with Gasteiger partial charge in [-0.3, -0.25) is 4.79 Å². The number of methoxy groups -OCH3 is 1. The highest BCUT2D eigenvalue weighted by Gasteiger charge is 2.22. The highest BCUT2D eigenvalue weighted by atomic mass is 32.2. The quantitative estimate of drug-likeness (QED) is 0.498. The maximum absolute atomic E-state index is 13.1. The SMILES string of the molecule is COc1ccc(CN(C(=O)CSc2nnnn2C)[C@H](C)Cc2cccs2)cc1. The van der Waals surface area contributed by atoms with Crippen molar-refractivity contribution in [3.63, 3.8) is 0 Å². The summed E-state index contributed by atoms with van der Waals surface area (Å²) in [5, 5.41) is 14.1. The number of hydrogen-bond acceptors (Lipinski definition) is 7. The molecule has 0 aliphatic carbocycles. The van der Waals surface area contributed by atoms with E-state index in [0.717, 1.165) is 17.7 Å². The minimum atomic E-state index is 0.0628. The minimum Gasteiger partial charge on any atom is -0.497 e. The molecule has 0 saturated carbocycles. The Balaban J connectivity index is 1.71. The van der Waals surface area contributed by atoms with E-state index in [1.807, 2.05) is 35.2 Å². The Morgan fingerprint density at radius 2 is 2.11 bits per heavy atom. The van der Waals surface area contributed by atoms with Gasteiger partial charge in [-0.15, -0.1) is 16.4 Å². The lowest BCUT2D eigenvalue weighted by Gasteiger charge is -2.29. The van der Waals surface area contributed by atoms with Crippen molar-refractivity contribution in [2.75, 3.05) is 12.9 Å². The van der Waals surface area contributed by atoms with Crippen LogP contribution in [0.5, 0.6) is 5.75 Å². The van der Waals surface area contributed by atoms with Crippen molar-refractivity contribution in [2.45, 2.75) is 31.1 Å². The van der Waals surface area contributed by atoms with Crippen molar-refractivity contribution in [2.24, 2.45) is 7.05 Å². The summed E-state index contributed by atoms with van der Waals surface area (Å²) in [7, 11) is 3.41. The van der Waals surface area contributed by atoms with Gasteiger partial charge in [-0.2, -0.15) is 0 Å². The lowest BCUT2D eigenvalue weighted by molar-refractivity contribution is -0.131. The van der Waals surface area contributed by atoms with Gasteiger partial charge in [0, 0.05) is 30.9 Å². The van der Waals surface area contributed by atoms with Gasteiger partial charge in [0.05, 0.1) is 12.9 Å². The summed E-state index contributed by atoms with van der Waals surface area (Å²) in [6, 6.07) is 12.1. The molecule has 3 rings (SSSR count). The molecule has 2 aromatic heterocycles. The van der Waals surface area contributed by atoms with Gasteiger partial charge in [0.25, 0.3) is 0 Å². The fraction of sp³-hybridized carbons (Fsp3) is 0.368. The van der Waals surface area contributed by atoms with Crippen molar-refractivity contribution in [3.05, 3.63) is 52.2 Å². The number of carbonyl (C=O) groups is 1. The van der Waals surface area contributed by atoms with Crippen molar-refractivity contribution >= 4 is 29.0 Å². The monoisotopic (exact) mass is 417 g/mol. The number of rotatable bonds is 9. The van der Waals surface area contributed by atoms with E-state index < -0.39 is 0 Å². The molecule has 148 valence electrons. The molecule has 0 bridgehead atoms. The zero-order valence-electron chi connectivity index (χ0n) is 16.1. The number of ether oxygens (including phenoxy) is 1. The Kier molecular flexibility index (Phi) is 7.05. The average molecular weight is 418 g/mol. The number of aromatic nitrogens is 4. The first kappa shape index (κ1) is 20.3. The second-order valence-corrected chi connectivity index (χ2v) is 8.35. The van der Waals surface area contributed by atoms with Crippen LogP contribution in [0.1, 0.15) is 17.4 Å². The molecule has 0 fully saturated rings. The fourth-order valence-corrected chi connectivity index (χ4v) is 4.36. The number of thiophene rings is 1. The lowest BCUT2D eigenvalue weighted by Crippen LogP contribution is -2.40. The van der Waals surface area contributed by atoms with Crippen molar-refractivity contribution in [1.29, 1.82) is 0 Å². The number of thioether (sulfide) groups is 1. The second-order valence-electron chi connectivity index (χ2n) is 6.38. The Hall–Kier alpha value is -2.39. The van der Waals surface area contributed by atoms with Crippen LogP contribution in [0.2, 0.25) is 0 Å². The molecular formula is C19H23N5O2S2. The van der Waals surface area contributed by atoms with Crippen LogP contribution in [0.3, 0.4) is 0 Å². The number of benzene rings is 1. The molecule has 0 aliphatic rings. The van der Waals surface area contributed by atoms with E-state index in [0.29, 0.717) is 17.5 Å². The van der Waals surface area contributed by atoms with Crippen LogP contribution in [0, 0.1) is 0 Å². The number of amides is 1. The number of carbonyl (C=O) groups excluding carboxylic acids is 1. The van der Waals surface area contributed by atoms with Crippen LogP contribution >= 0.6 is 23.1 Å². The van der Waals surface area contributed by atoms with Crippen LogP contribution in [-0.2, 0) is 24.8 Å². The topological polar surface area (TPSA) is 73.1 Å². The van der Waals surface area contributed by atoms with Crippen LogP contribution < -0.4 is 4.74 Å². The van der Waals surface area contributed by atoms with Crippen molar-refractivity contribution in [1.82, 2.24) is 25.1 Å². The van der Waals surface area contributed by atoms with Gasteiger partial charge in [-0.05, 0) is 46.5 Å². The van der Waals surface area contributed by atoms with Gasteiger partial charge in [-0.25, -0.2) is 4.68 Å². The van der Waals surface area contributed by atoms with Gasteiger partial charge in [-0.1, -0.05) is 30.0 Å². The summed E-state index contributed by atoms with van der Waals surface area (Å²) < 4.78 is 6.80. The number of aryl methyl sites for hydroxylation is 1. The minimum absolute atomic E-state index is 0.0628. The number of hydrogen-bond donors (Lipinski definition) is 0. The molecule has 0 spiro atoms. The van der Waals surface area contributed by atoms with E-state index in [2.05, 4.69) is 33.9 Å². The molecule has 1 atom stereocenters. The summed E-state index contributed by atoms with van der Waals surface area (Å²) in [5.74, 6) is 1.16. The summed E-state index contributed by atoms with van der Waals surface area (Å²) in [6.07, 6.45) is 0.829. The molecule has 2 heterocycles. The first-order valence-electron chi connectivity index (χ1n) is 8.86. The van der Waals surface area contributed by atoms with Gasteiger partial charge >= 0.3 is 0 Å². The fourth-order valence-electron chi connectivity index (χ4n) is 2.80. The van der Waals surface area contributed by atoms with Crippen LogP contribution in [0.4, 0.5) is 0 Å². The molecule has 28 heavy (non-hydrogen) atoms. The molecule has 3 aromatic rings. The summed E-state index contributed by atoms with van der Waals surface area (Å²) >= 11 is 3.07. The molecule has 9 heteroatoms. The number of tetrazole rings is 1. The Bertz CT molecular complexity index is 880. The van der Waals surface area contributed by atoms with Crippen molar-refractivity contribution in [3.8, 4) is 5.75 Å². The number of nitrogens with zero attached hydrogens (tertiary/aromatic N) is 5. The predicted molar refractivity (Wildman–Crippen MR) is 111 cm³/mol. The second kappa shape index (κ2) is 9.70. The first-order valence-corrected chi connectivity index (χ1v) is 10.7. The Morgan fingerprint density at radius 1 is 1.32 bits per heavy atom. The van der Waals surface area contributed by atoms with E-state index in [1.165, 1.54) is 16.6 Å². The molecule has 7 nitrogen and oxygen atoms in total. The summed E-state index contributed by atoms with van der Waals surface area (Å²) in [5.41, 5.74) is 1.07. The van der Waals surface area contributed by atoms with E-state index in [1.54, 1.807) is 30.2 Å². The molecule has 0 aliphatic heterocycles. The van der Waals surface area contributed by atoms with E-state index in [4.69, 9.17) is 4.74 Å². The predicted octanol–water partition coefficient (Wildman–Crippen LogP) is 3.03. The van der Waals surface area contributed by atoms with Gasteiger partial charge in [0.1, 0.15) is 5.75 Å². The van der Waals surface area contributed by atoms with Crippen molar-refractivity contribution < 1.29 is 9.53 Å². The lowest BCUT2D eigenvalue weighted by atomic mass is 10.1. The Morgan fingerprint density at radius 3 is 2.71 bits per heavy atom. The van der Waals surface area contributed by atoms with Crippen LogP contribution in [0.25, 0.3) is 0 Å². The summed E-state index contributed by atoms with van der Waals surface area (Å²) in [4.78, 5) is 16.3. The zero-order valence-corrected chi connectivity index (χ0v) is 17.7. The van der Waals surface area contributed by atoms with Gasteiger partial charge < -0.3 is 9.64 Å². The maximum atomic E-state index is 13.1. The zero-order chi connectivity index (χ0) is 19.9. The standard InChI is InChI=1S/C19H23N5O2S2/c1-14(11-17-5-4-10-27-17)24(12-15-6-8-16(26-3)9-7-15)18(25)13-28-19-20-21-22-23(19)2/h4-10,14H,11-13H2,1-3H3/t14-/m1/s1. The third-order valence-electron chi connectivity index (χ3n) is 4.35. The molecule has 1 aromatic carbocycles. The maximum Gasteiger partial charge on any atom is 0.233 e. The van der Waals surface area contributed by atoms with Crippen LogP contribution in [-0.4, -0.2) is 49.9 Å². The average Bonchev–Trinajstić information content (AvgIpc) is 3.36. The van der Waals surface area contributed by atoms with E-state index in [-0.39, 0.29) is 11.9 Å². The molecular weight excluding hydrogens is 394 g/mol. The van der Waals surface area contributed by atoms with Gasteiger partial charge in [0.2, 0.25) is 11.1 Å². The molecule has 0 unspecified atom stereocenters. The van der Waals surface area contributed by atoms with Gasteiger partial charge in [0.15, 0.2) is 0 Å². The normalized spacial score (nSPS) is 12.0. The Labute approximate surface area is 172 Å². The molecule has 1 amide bonds. The third kappa shape index (κ3) is 5.32. The highest BCUT2D eigenvalue weighted by Crippen LogP contribution is 2.21. The molecule has 0 N–H and O–H groups in total. The first-order chi connectivity index (χ1) is 13.6. The summed E-state index contributed by atoms with van der Waals surface area (Å²) in [6.45, 7) is 2.64. The van der Waals surface area contributed by atoms with E-state index >= 15 is 0 Å². The molecule has 0 radical (unpaired) electrons. The highest BCUT2D eigenvalue weighted by molar-refractivity contribution is 7.99. The van der Waals surface area contributed by atoms with E-state index in [9.17, 15) is 4.79 Å². The third-order valence-corrected chi connectivity index (χ3v) is 6.24. The smallest absolute Gasteiger partial charge is 0.233 e. The largest absolute Gasteiger partial charge is 0.497 e. The molecule has 0 saturated heterocycles.